The SMILES string of the molecule is CC12CC=CC=C1C1(c3ccc(-c4cccc(-c5ccc(C6=N[C@](N)(c7ccccc7)C=C6)cc5)c4)cc3O2)c2ccccc2-c2ccccc21. The van der Waals surface area contributed by atoms with Gasteiger partial charge in [-0.3, -0.25) is 4.99 Å². The first-order valence-corrected chi connectivity index (χ1v) is 17.7. The van der Waals surface area contributed by atoms with Gasteiger partial charge in [-0.05, 0) is 92.4 Å². The molecular formula is C48H36N2O. The molecule has 6 aromatic rings. The molecule has 2 aliphatic heterocycles. The largest absolute Gasteiger partial charge is 0.482 e. The highest BCUT2D eigenvalue weighted by atomic mass is 16.5. The lowest BCUT2D eigenvalue weighted by molar-refractivity contribution is 0.102. The fourth-order valence-electron chi connectivity index (χ4n) is 8.88. The Morgan fingerprint density at radius 1 is 0.608 bits per heavy atom. The number of allylic oxidation sites excluding steroid dienone is 3. The Balaban J connectivity index is 1.03. The molecule has 0 bridgehead atoms. The summed E-state index contributed by atoms with van der Waals surface area (Å²) in [5.74, 6) is 0.945. The number of benzene rings is 6. The molecular weight excluding hydrogens is 621 g/mol. The minimum Gasteiger partial charge on any atom is -0.482 e. The molecule has 1 spiro atoms. The van der Waals surface area contributed by atoms with E-state index in [-0.39, 0.29) is 0 Å². The lowest BCUT2D eigenvalue weighted by Gasteiger charge is -2.50. The highest BCUT2D eigenvalue weighted by Gasteiger charge is 2.57. The molecule has 6 aromatic carbocycles. The van der Waals surface area contributed by atoms with E-state index >= 15 is 0 Å². The van der Waals surface area contributed by atoms with Gasteiger partial charge in [-0.1, -0.05) is 152 Å². The van der Waals surface area contributed by atoms with E-state index in [0.29, 0.717) is 0 Å². The number of rotatable bonds is 4. The van der Waals surface area contributed by atoms with Crippen LogP contribution < -0.4 is 10.5 Å². The van der Waals surface area contributed by atoms with E-state index < -0.39 is 16.7 Å². The van der Waals surface area contributed by atoms with Gasteiger partial charge in [0.15, 0.2) is 5.66 Å². The van der Waals surface area contributed by atoms with E-state index in [4.69, 9.17) is 15.5 Å². The van der Waals surface area contributed by atoms with Gasteiger partial charge < -0.3 is 10.5 Å². The van der Waals surface area contributed by atoms with Crippen molar-refractivity contribution in [3.05, 3.63) is 209 Å². The molecule has 3 nitrogen and oxygen atoms in total. The van der Waals surface area contributed by atoms with E-state index in [1.165, 1.54) is 33.4 Å². The van der Waals surface area contributed by atoms with Crippen LogP contribution in [0.2, 0.25) is 0 Å². The van der Waals surface area contributed by atoms with Crippen molar-refractivity contribution in [3.63, 3.8) is 0 Å². The molecule has 4 aliphatic rings. The molecule has 2 N–H and O–H groups in total. The quantitative estimate of drug-likeness (QED) is 0.205. The van der Waals surface area contributed by atoms with Gasteiger partial charge in [0, 0.05) is 12.0 Å². The summed E-state index contributed by atoms with van der Waals surface area (Å²) in [5, 5.41) is 0. The zero-order valence-corrected chi connectivity index (χ0v) is 28.4. The molecule has 0 radical (unpaired) electrons. The van der Waals surface area contributed by atoms with Crippen molar-refractivity contribution in [1.29, 1.82) is 0 Å². The number of hydrogen-bond donors (Lipinski definition) is 1. The zero-order chi connectivity index (χ0) is 34.2. The van der Waals surface area contributed by atoms with E-state index in [9.17, 15) is 0 Å². The third kappa shape index (κ3) is 4.38. The molecule has 3 heteroatoms. The smallest absolute Gasteiger partial charge is 0.153 e. The average molecular weight is 657 g/mol. The number of nitrogens with zero attached hydrogens (tertiary/aromatic N) is 1. The Bertz CT molecular complexity index is 2460. The van der Waals surface area contributed by atoms with Crippen LogP contribution in [-0.2, 0) is 11.1 Å². The second kappa shape index (κ2) is 11.0. The third-order valence-corrected chi connectivity index (χ3v) is 11.3. The third-order valence-electron chi connectivity index (χ3n) is 11.3. The van der Waals surface area contributed by atoms with Crippen LogP contribution in [-0.4, -0.2) is 11.3 Å². The summed E-state index contributed by atoms with van der Waals surface area (Å²) >= 11 is 0. The van der Waals surface area contributed by atoms with Gasteiger partial charge in [-0.2, -0.15) is 0 Å². The van der Waals surface area contributed by atoms with Crippen LogP contribution in [0.3, 0.4) is 0 Å². The molecule has 2 aliphatic carbocycles. The number of fused-ring (bicyclic) bond motifs is 9. The van der Waals surface area contributed by atoms with Crippen LogP contribution in [0.5, 0.6) is 5.75 Å². The minimum absolute atomic E-state index is 0.425. The number of aliphatic imine (C=N–C) groups is 1. The van der Waals surface area contributed by atoms with Crippen LogP contribution in [0.15, 0.2) is 187 Å². The Kier molecular flexibility index (Phi) is 6.43. The van der Waals surface area contributed by atoms with Crippen molar-refractivity contribution in [1.82, 2.24) is 0 Å². The van der Waals surface area contributed by atoms with Crippen LogP contribution in [0.4, 0.5) is 0 Å². The van der Waals surface area contributed by atoms with E-state index in [0.717, 1.165) is 51.3 Å². The van der Waals surface area contributed by atoms with Gasteiger partial charge in [-0.15, -0.1) is 0 Å². The average Bonchev–Trinajstić information content (AvgIpc) is 3.72. The van der Waals surface area contributed by atoms with Crippen LogP contribution in [0, 0.1) is 0 Å². The first-order valence-electron chi connectivity index (χ1n) is 17.7. The van der Waals surface area contributed by atoms with Crippen LogP contribution in [0.25, 0.3) is 33.4 Å². The Morgan fingerprint density at radius 2 is 1.24 bits per heavy atom. The maximum absolute atomic E-state index is 7.08. The second-order valence-corrected chi connectivity index (χ2v) is 14.3. The summed E-state index contributed by atoms with van der Waals surface area (Å²) in [4.78, 5) is 4.90. The maximum atomic E-state index is 7.08. The van der Waals surface area contributed by atoms with Gasteiger partial charge in [0.05, 0.1) is 11.1 Å². The molecule has 10 rings (SSSR count). The van der Waals surface area contributed by atoms with Crippen molar-refractivity contribution in [3.8, 4) is 39.1 Å². The fraction of sp³-hybridized carbons (Fsp3) is 0.104. The van der Waals surface area contributed by atoms with Crippen molar-refractivity contribution < 1.29 is 4.74 Å². The van der Waals surface area contributed by atoms with Crippen molar-refractivity contribution >= 4 is 5.71 Å². The molecule has 2 heterocycles. The minimum atomic E-state index is -0.838. The van der Waals surface area contributed by atoms with Gasteiger partial charge in [-0.25, -0.2) is 0 Å². The second-order valence-electron chi connectivity index (χ2n) is 14.3. The summed E-state index contributed by atoms with van der Waals surface area (Å²) in [5.41, 5.74) is 20.2. The summed E-state index contributed by atoms with van der Waals surface area (Å²) in [6, 6.07) is 52.1. The summed E-state index contributed by atoms with van der Waals surface area (Å²) in [6.07, 6.45) is 11.6. The summed E-state index contributed by atoms with van der Waals surface area (Å²) in [6.45, 7) is 2.26. The number of nitrogens with two attached hydrogens (primary N) is 1. The summed E-state index contributed by atoms with van der Waals surface area (Å²) < 4.78 is 7.08. The first kappa shape index (κ1) is 29.8. The summed E-state index contributed by atoms with van der Waals surface area (Å²) in [7, 11) is 0. The van der Waals surface area contributed by atoms with Crippen molar-refractivity contribution in [2.24, 2.45) is 10.7 Å². The molecule has 0 saturated heterocycles. The fourth-order valence-corrected chi connectivity index (χ4v) is 8.88. The topological polar surface area (TPSA) is 47.6 Å². The zero-order valence-electron chi connectivity index (χ0n) is 28.4. The normalized spacial score (nSPS) is 21.6. The van der Waals surface area contributed by atoms with Gasteiger partial charge in [0.25, 0.3) is 0 Å². The number of hydrogen-bond acceptors (Lipinski definition) is 3. The Morgan fingerprint density at radius 3 is 1.98 bits per heavy atom. The highest BCUT2D eigenvalue weighted by Crippen LogP contribution is 2.63. The predicted molar refractivity (Wildman–Crippen MR) is 208 cm³/mol. The Labute approximate surface area is 298 Å². The van der Waals surface area contributed by atoms with E-state index in [2.05, 4.69) is 140 Å². The predicted octanol–water partition coefficient (Wildman–Crippen LogP) is 10.5. The van der Waals surface area contributed by atoms with E-state index in [1.54, 1.807) is 0 Å². The molecule has 0 fully saturated rings. The molecule has 244 valence electrons. The van der Waals surface area contributed by atoms with E-state index in [1.807, 2.05) is 42.5 Å². The van der Waals surface area contributed by atoms with Crippen LogP contribution in [0.1, 0.15) is 41.2 Å². The van der Waals surface area contributed by atoms with Crippen molar-refractivity contribution in [2.45, 2.75) is 30.0 Å². The molecule has 0 aromatic heterocycles. The molecule has 2 atom stereocenters. The Hall–Kier alpha value is -6.03. The maximum Gasteiger partial charge on any atom is 0.153 e. The molecule has 1 unspecified atom stereocenters. The lowest BCUT2D eigenvalue weighted by Crippen LogP contribution is -2.50. The standard InChI is InChI=1S/C48H36N2O/c1-46-28-10-9-20-45(46)48(40-18-7-5-16-38(40)39-17-6-8-19-41(39)48)42-26-25-36(31-44(42)51-46)35-13-11-12-34(30-35)32-21-23-33(24-22-32)43-27-29-47(49,50-43)37-14-3-2-4-15-37/h2-27,29-31H,28,49H2,1H3/t46?,47-/m0/s1. The number of ether oxygens (including phenoxy) is 1. The van der Waals surface area contributed by atoms with Gasteiger partial charge in [0.1, 0.15) is 11.4 Å². The molecule has 0 amide bonds. The molecule has 51 heavy (non-hydrogen) atoms. The first-order chi connectivity index (χ1) is 25.0. The highest BCUT2D eigenvalue weighted by molar-refractivity contribution is 6.10. The van der Waals surface area contributed by atoms with Gasteiger partial charge in [0.2, 0.25) is 0 Å². The molecule has 0 saturated carbocycles. The van der Waals surface area contributed by atoms with Crippen LogP contribution >= 0.6 is 0 Å². The van der Waals surface area contributed by atoms with Gasteiger partial charge >= 0.3 is 0 Å². The van der Waals surface area contributed by atoms with Crippen molar-refractivity contribution in [2.75, 3.05) is 0 Å². The lowest BCUT2D eigenvalue weighted by atomic mass is 9.59. The monoisotopic (exact) mass is 656 g/mol.